The van der Waals surface area contributed by atoms with Crippen LogP contribution in [0.15, 0.2) is 12.1 Å². The highest BCUT2D eigenvalue weighted by Crippen LogP contribution is 2.37. The molecule has 0 amide bonds. The Kier molecular flexibility index (Phi) is 5.00. The maximum atomic E-state index is 9.45. The van der Waals surface area contributed by atoms with Crippen LogP contribution in [0.2, 0.25) is 0 Å². The average Bonchev–Trinajstić information content (AvgIpc) is 2.37. The number of aryl methyl sites for hydroxylation is 3. The Morgan fingerprint density at radius 2 is 1.74 bits per heavy atom. The van der Waals surface area contributed by atoms with Crippen molar-refractivity contribution in [3.63, 3.8) is 0 Å². The fraction of sp³-hybridized carbons (Fsp3) is 0.647. The number of aliphatic hydroxyl groups is 1. The normalized spacial score (nSPS) is 18.5. The molecule has 0 aliphatic carbocycles. The zero-order chi connectivity index (χ0) is 13.8. The first-order valence-electron chi connectivity index (χ1n) is 7.52. The van der Waals surface area contributed by atoms with E-state index in [0.29, 0.717) is 18.4 Å². The zero-order valence-corrected chi connectivity index (χ0v) is 12.5. The van der Waals surface area contributed by atoms with Crippen LogP contribution in [-0.4, -0.2) is 24.8 Å². The quantitative estimate of drug-likeness (QED) is 0.873. The largest absolute Gasteiger partial charge is 0.396 e. The average molecular weight is 261 g/mol. The molecule has 2 rings (SSSR count). The zero-order valence-electron chi connectivity index (χ0n) is 12.5. The van der Waals surface area contributed by atoms with Gasteiger partial charge in [0, 0.05) is 6.61 Å². The highest BCUT2D eigenvalue weighted by Gasteiger charge is 2.26. The SMILES string of the molecule is Cc1cc(C)c(C(CCO)C2CCNCC2)c(C)c1. The van der Waals surface area contributed by atoms with Crippen LogP contribution < -0.4 is 5.32 Å². The smallest absolute Gasteiger partial charge is 0.0436 e. The highest BCUT2D eigenvalue weighted by atomic mass is 16.3. The van der Waals surface area contributed by atoms with Crippen LogP contribution in [0, 0.1) is 26.7 Å². The summed E-state index contributed by atoms with van der Waals surface area (Å²) in [5.74, 6) is 1.24. The van der Waals surface area contributed by atoms with Gasteiger partial charge in [-0.05, 0) is 81.6 Å². The number of hydrogen-bond donors (Lipinski definition) is 2. The van der Waals surface area contributed by atoms with Gasteiger partial charge in [-0.3, -0.25) is 0 Å². The van der Waals surface area contributed by atoms with Crippen LogP contribution in [0.5, 0.6) is 0 Å². The number of aliphatic hydroxyl groups excluding tert-OH is 1. The van der Waals surface area contributed by atoms with Crippen molar-refractivity contribution in [1.82, 2.24) is 5.32 Å². The summed E-state index contributed by atoms with van der Waals surface area (Å²) in [5.41, 5.74) is 5.63. The Hall–Kier alpha value is -0.860. The Morgan fingerprint density at radius 1 is 1.16 bits per heavy atom. The molecule has 1 aromatic rings. The fourth-order valence-electron chi connectivity index (χ4n) is 3.78. The van der Waals surface area contributed by atoms with Gasteiger partial charge in [-0.1, -0.05) is 17.7 Å². The van der Waals surface area contributed by atoms with E-state index in [1.165, 1.54) is 35.1 Å². The van der Waals surface area contributed by atoms with Crippen molar-refractivity contribution in [3.8, 4) is 0 Å². The minimum atomic E-state index is 0.293. The number of piperidine rings is 1. The highest BCUT2D eigenvalue weighted by molar-refractivity contribution is 5.40. The lowest BCUT2D eigenvalue weighted by Crippen LogP contribution is -2.31. The van der Waals surface area contributed by atoms with E-state index in [9.17, 15) is 5.11 Å². The summed E-state index contributed by atoms with van der Waals surface area (Å²) >= 11 is 0. The summed E-state index contributed by atoms with van der Waals surface area (Å²) in [6.07, 6.45) is 3.37. The van der Waals surface area contributed by atoms with Crippen molar-refractivity contribution in [3.05, 3.63) is 34.4 Å². The number of rotatable bonds is 4. The van der Waals surface area contributed by atoms with Crippen LogP contribution in [-0.2, 0) is 0 Å². The van der Waals surface area contributed by atoms with E-state index in [0.717, 1.165) is 19.5 Å². The maximum absolute atomic E-state index is 9.45. The van der Waals surface area contributed by atoms with Gasteiger partial charge in [-0.15, -0.1) is 0 Å². The Morgan fingerprint density at radius 3 is 2.26 bits per heavy atom. The van der Waals surface area contributed by atoms with E-state index in [1.54, 1.807) is 0 Å². The molecule has 2 N–H and O–H groups in total. The van der Waals surface area contributed by atoms with Crippen LogP contribution in [0.1, 0.15) is 47.4 Å². The topological polar surface area (TPSA) is 32.3 Å². The van der Waals surface area contributed by atoms with E-state index in [1.807, 2.05) is 0 Å². The van der Waals surface area contributed by atoms with Crippen LogP contribution in [0.4, 0.5) is 0 Å². The molecule has 1 fully saturated rings. The van der Waals surface area contributed by atoms with Gasteiger partial charge in [-0.2, -0.15) is 0 Å². The second kappa shape index (κ2) is 6.53. The predicted octanol–water partition coefficient (Wildman–Crippen LogP) is 3.08. The van der Waals surface area contributed by atoms with E-state index in [-0.39, 0.29) is 0 Å². The molecule has 2 nitrogen and oxygen atoms in total. The number of hydrogen-bond acceptors (Lipinski definition) is 2. The number of benzene rings is 1. The Bertz CT molecular complexity index is 398. The summed E-state index contributed by atoms with van der Waals surface area (Å²) in [7, 11) is 0. The van der Waals surface area contributed by atoms with Gasteiger partial charge >= 0.3 is 0 Å². The van der Waals surface area contributed by atoms with Crippen LogP contribution in [0.3, 0.4) is 0 Å². The van der Waals surface area contributed by atoms with E-state index >= 15 is 0 Å². The molecule has 0 bridgehead atoms. The minimum absolute atomic E-state index is 0.293. The monoisotopic (exact) mass is 261 g/mol. The molecule has 0 radical (unpaired) electrons. The molecule has 19 heavy (non-hydrogen) atoms. The molecular weight excluding hydrogens is 234 g/mol. The molecule has 1 heterocycles. The lowest BCUT2D eigenvalue weighted by molar-refractivity contribution is 0.233. The lowest BCUT2D eigenvalue weighted by atomic mass is 9.75. The first-order valence-corrected chi connectivity index (χ1v) is 7.52. The van der Waals surface area contributed by atoms with Gasteiger partial charge in [0.05, 0.1) is 0 Å². The second-order valence-corrected chi connectivity index (χ2v) is 6.02. The molecule has 0 aromatic heterocycles. The molecule has 1 atom stereocenters. The summed E-state index contributed by atoms with van der Waals surface area (Å²) < 4.78 is 0. The van der Waals surface area contributed by atoms with Crippen molar-refractivity contribution >= 4 is 0 Å². The van der Waals surface area contributed by atoms with Crippen molar-refractivity contribution in [2.24, 2.45) is 5.92 Å². The van der Waals surface area contributed by atoms with Gasteiger partial charge in [0.1, 0.15) is 0 Å². The molecule has 0 saturated carbocycles. The first kappa shape index (κ1) is 14.5. The molecular formula is C17H27NO. The third-order valence-electron chi connectivity index (χ3n) is 4.50. The third kappa shape index (κ3) is 3.37. The summed E-state index contributed by atoms with van der Waals surface area (Å²) in [6.45, 7) is 9.14. The molecule has 1 saturated heterocycles. The van der Waals surface area contributed by atoms with Crippen molar-refractivity contribution in [1.29, 1.82) is 0 Å². The van der Waals surface area contributed by atoms with E-state index in [4.69, 9.17) is 0 Å². The molecule has 106 valence electrons. The molecule has 1 unspecified atom stereocenters. The Balaban J connectivity index is 2.32. The molecule has 0 spiro atoms. The van der Waals surface area contributed by atoms with E-state index < -0.39 is 0 Å². The van der Waals surface area contributed by atoms with Gasteiger partial charge in [-0.25, -0.2) is 0 Å². The summed E-state index contributed by atoms with van der Waals surface area (Å²) in [5, 5.41) is 12.9. The van der Waals surface area contributed by atoms with Crippen molar-refractivity contribution in [2.45, 2.75) is 46.0 Å². The standard InChI is InChI=1S/C17H27NO/c1-12-10-13(2)17(14(3)11-12)16(6-9-19)15-4-7-18-8-5-15/h10-11,15-16,18-19H,4-9H2,1-3H3. The van der Waals surface area contributed by atoms with Gasteiger partial charge in [0.25, 0.3) is 0 Å². The summed E-state index contributed by atoms with van der Waals surface area (Å²) in [6, 6.07) is 4.57. The van der Waals surface area contributed by atoms with Gasteiger partial charge < -0.3 is 10.4 Å². The Labute approximate surface area is 117 Å². The molecule has 1 aliphatic heterocycles. The lowest BCUT2D eigenvalue weighted by Gasteiger charge is -2.33. The van der Waals surface area contributed by atoms with Gasteiger partial charge in [0.2, 0.25) is 0 Å². The molecule has 2 heteroatoms. The second-order valence-electron chi connectivity index (χ2n) is 6.02. The minimum Gasteiger partial charge on any atom is -0.396 e. The predicted molar refractivity (Wildman–Crippen MR) is 80.7 cm³/mol. The number of nitrogens with one attached hydrogen (secondary N) is 1. The van der Waals surface area contributed by atoms with Crippen LogP contribution in [0.25, 0.3) is 0 Å². The van der Waals surface area contributed by atoms with Crippen molar-refractivity contribution in [2.75, 3.05) is 19.7 Å². The third-order valence-corrected chi connectivity index (χ3v) is 4.50. The van der Waals surface area contributed by atoms with Crippen LogP contribution >= 0.6 is 0 Å². The summed E-state index contributed by atoms with van der Waals surface area (Å²) in [4.78, 5) is 0. The van der Waals surface area contributed by atoms with Gasteiger partial charge in [0.15, 0.2) is 0 Å². The van der Waals surface area contributed by atoms with Crippen molar-refractivity contribution < 1.29 is 5.11 Å². The fourth-order valence-corrected chi connectivity index (χ4v) is 3.78. The first-order chi connectivity index (χ1) is 9.13. The molecule has 1 aromatic carbocycles. The maximum Gasteiger partial charge on any atom is 0.0436 e. The molecule has 1 aliphatic rings. The van der Waals surface area contributed by atoms with E-state index in [2.05, 4.69) is 38.2 Å².